The highest BCUT2D eigenvalue weighted by Gasteiger charge is 2.27. The van der Waals surface area contributed by atoms with E-state index < -0.39 is 32.3 Å². The standard InChI is InChI=1S/C25H19N5O8S/c31-25(27-26-16-22-14-15-24(38-22)18-6-8-20(9-7-18)29(32)33)17-28(19-10-12-21(13-11-19)30(34)35)39(36,37)23-4-2-1-3-5-23/h1-16H,17H2,(H,27,31)/b26-16-. The Morgan fingerprint density at radius 2 is 1.46 bits per heavy atom. The van der Waals surface area contributed by atoms with Crippen LogP contribution in [0.2, 0.25) is 0 Å². The number of rotatable bonds is 10. The van der Waals surface area contributed by atoms with Crippen molar-refractivity contribution in [3.63, 3.8) is 0 Å². The lowest BCUT2D eigenvalue weighted by atomic mass is 10.1. The van der Waals surface area contributed by atoms with Gasteiger partial charge in [-0.3, -0.25) is 29.3 Å². The molecule has 0 aliphatic carbocycles. The van der Waals surface area contributed by atoms with E-state index in [9.17, 15) is 33.4 Å². The van der Waals surface area contributed by atoms with E-state index in [0.29, 0.717) is 11.3 Å². The number of nitrogens with zero attached hydrogens (tertiary/aromatic N) is 4. The molecular weight excluding hydrogens is 530 g/mol. The van der Waals surface area contributed by atoms with E-state index in [1.807, 2.05) is 0 Å². The van der Waals surface area contributed by atoms with E-state index in [-0.39, 0.29) is 27.7 Å². The van der Waals surface area contributed by atoms with Gasteiger partial charge in [-0.25, -0.2) is 13.8 Å². The molecule has 1 amide bonds. The number of nitro groups is 2. The molecule has 0 atom stereocenters. The van der Waals surface area contributed by atoms with E-state index in [2.05, 4.69) is 10.5 Å². The molecule has 1 heterocycles. The first-order valence-electron chi connectivity index (χ1n) is 11.1. The Morgan fingerprint density at radius 1 is 0.872 bits per heavy atom. The highest BCUT2D eigenvalue weighted by Crippen LogP contribution is 2.26. The fraction of sp³-hybridized carbons (Fsp3) is 0.0400. The van der Waals surface area contributed by atoms with Crippen LogP contribution in [-0.4, -0.2) is 36.9 Å². The Hall–Kier alpha value is -5.37. The number of carbonyl (C=O) groups is 1. The van der Waals surface area contributed by atoms with Gasteiger partial charge in [0, 0.05) is 29.8 Å². The number of non-ortho nitro benzene ring substituents is 2. The summed E-state index contributed by atoms with van der Waals surface area (Å²) in [5.74, 6) is -0.116. The molecule has 4 rings (SSSR count). The number of hydrogen-bond donors (Lipinski definition) is 1. The van der Waals surface area contributed by atoms with Gasteiger partial charge in [0.25, 0.3) is 27.3 Å². The van der Waals surface area contributed by atoms with Crippen molar-refractivity contribution < 1.29 is 27.5 Å². The van der Waals surface area contributed by atoms with Gasteiger partial charge in [-0.05, 0) is 48.5 Å². The van der Waals surface area contributed by atoms with Crippen LogP contribution in [0.5, 0.6) is 0 Å². The molecule has 0 saturated carbocycles. The van der Waals surface area contributed by atoms with Gasteiger partial charge < -0.3 is 4.42 Å². The Morgan fingerprint density at radius 3 is 2.05 bits per heavy atom. The average Bonchev–Trinajstić information content (AvgIpc) is 3.41. The van der Waals surface area contributed by atoms with E-state index in [4.69, 9.17) is 4.42 Å². The highest BCUT2D eigenvalue weighted by atomic mass is 32.2. The fourth-order valence-electron chi connectivity index (χ4n) is 3.43. The largest absolute Gasteiger partial charge is 0.455 e. The quantitative estimate of drug-likeness (QED) is 0.174. The van der Waals surface area contributed by atoms with Crippen molar-refractivity contribution in [2.75, 3.05) is 10.8 Å². The van der Waals surface area contributed by atoms with Crippen molar-refractivity contribution in [2.45, 2.75) is 4.90 Å². The summed E-state index contributed by atoms with van der Waals surface area (Å²) in [7, 11) is -4.21. The van der Waals surface area contributed by atoms with Crippen molar-refractivity contribution in [2.24, 2.45) is 5.10 Å². The third-order valence-corrected chi connectivity index (χ3v) is 7.13. The molecular formula is C25H19N5O8S. The third-order valence-electron chi connectivity index (χ3n) is 5.34. The Kier molecular flexibility index (Phi) is 7.77. The summed E-state index contributed by atoms with van der Waals surface area (Å²) in [5.41, 5.74) is 2.57. The molecule has 0 spiro atoms. The number of sulfonamides is 1. The lowest BCUT2D eigenvalue weighted by Crippen LogP contribution is -2.39. The van der Waals surface area contributed by atoms with Crippen LogP contribution in [0.3, 0.4) is 0 Å². The lowest BCUT2D eigenvalue weighted by molar-refractivity contribution is -0.385. The molecule has 1 aromatic heterocycles. The first kappa shape index (κ1) is 26.7. The van der Waals surface area contributed by atoms with Gasteiger partial charge in [0.05, 0.1) is 26.6 Å². The molecule has 0 aliphatic rings. The highest BCUT2D eigenvalue weighted by molar-refractivity contribution is 7.92. The maximum Gasteiger partial charge on any atom is 0.269 e. The number of hydrogen-bond acceptors (Lipinski definition) is 9. The molecule has 0 bridgehead atoms. The molecule has 1 N–H and O–H groups in total. The van der Waals surface area contributed by atoms with Crippen molar-refractivity contribution in [3.8, 4) is 11.3 Å². The molecule has 198 valence electrons. The molecule has 0 aliphatic heterocycles. The monoisotopic (exact) mass is 549 g/mol. The second-order valence-electron chi connectivity index (χ2n) is 7.90. The normalized spacial score (nSPS) is 11.3. The second-order valence-corrected chi connectivity index (χ2v) is 9.76. The topological polar surface area (TPSA) is 178 Å². The van der Waals surface area contributed by atoms with Crippen LogP contribution in [-0.2, 0) is 14.8 Å². The fourth-order valence-corrected chi connectivity index (χ4v) is 4.88. The zero-order valence-electron chi connectivity index (χ0n) is 19.9. The zero-order chi connectivity index (χ0) is 28.0. The van der Waals surface area contributed by atoms with Gasteiger partial charge >= 0.3 is 0 Å². The number of nitrogens with one attached hydrogen (secondary N) is 1. The van der Waals surface area contributed by atoms with Crippen LogP contribution in [0.25, 0.3) is 11.3 Å². The Balaban J connectivity index is 1.49. The minimum atomic E-state index is -4.21. The van der Waals surface area contributed by atoms with Crippen molar-refractivity contribution in [1.82, 2.24) is 5.43 Å². The minimum absolute atomic E-state index is 0.0438. The maximum atomic E-state index is 13.3. The minimum Gasteiger partial charge on any atom is -0.455 e. The van der Waals surface area contributed by atoms with Crippen LogP contribution in [0.4, 0.5) is 17.1 Å². The van der Waals surface area contributed by atoms with Crippen LogP contribution in [0, 0.1) is 20.2 Å². The van der Waals surface area contributed by atoms with E-state index in [1.165, 1.54) is 66.9 Å². The molecule has 0 saturated heterocycles. The smallest absolute Gasteiger partial charge is 0.269 e. The van der Waals surface area contributed by atoms with Crippen LogP contribution < -0.4 is 9.73 Å². The zero-order valence-corrected chi connectivity index (χ0v) is 20.7. The van der Waals surface area contributed by atoms with E-state index in [1.54, 1.807) is 18.2 Å². The molecule has 4 aromatic rings. The number of amides is 1. The lowest BCUT2D eigenvalue weighted by Gasteiger charge is -2.23. The second kappa shape index (κ2) is 11.4. The number of furan rings is 1. The predicted molar refractivity (Wildman–Crippen MR) is 141 cm³/mol. The van der Waals surface area contributed by atoms with Gasteiger partial charge in [0.15, 0.2) is 0 Å². The predicted octanol–water partition coefficient (Wildman–Crippen LogP) is 4.11. The molecule has 3 aromatic carbocycles. The number of carbonyl (C=O) groups excluding carboxylic acids is 1. The SMILES string of the molecule is O=C(CN(c1ccc([N+](=O)[O-])cc1)S(=O)(=O)c1ccccc1)N/N=C\c1ccc(-c2ccc([N+](=O)[O-])cc2)o1. The van der Waals surface area contributed by atoms with Gasteiger partial charge in [0.2, 0.25) is 0 Å². The molecule has 39 heavy (non-hydrogen) atoms. The van der Waals surface area contributed by atoms with Gasteiger partial charge in [-0.2, -0.15) is 5.10 Å². The van der Waals surface area contributed by atoms with Crippen molar-refractivity contribution in [1.29, 1.82) is 0 Å². The summed E-state index contributed by atoms with van der Waals surface area (Å²) in [5, 5.41) is 25.6. The third kappa shape index (κ3) is 6.31. The average molecular weight is 550 g/mol. The summed E-state index contributed by atoms with van der Waals surface area (Å²) in [6.45, 7) is -0.668. The van der Waals surface area contributed by atoms with Crippen molar-refractivity contribution in [3.05, 3.63) is 117 Å². The number of nitro benzene ring substituents is 2. The number of hydrazone groups is 1. The maximum absolute atomic E-state index is 13.3. The summed E-state index contributed by atoms with van der Waals surface area (Å²) in [6, 6.07) is 21.1. The van der Waals surface area contributed by atoms with Crippen LogP contribution in [0.1, 0.15) is 5.76 Å². The first-order valence-corrected chi connectivity index (χ1v) is 12.6. The van der Waals surface area contributed by atoms with Gasteiger partial charge in [0.1, 0.15) is 18.1 Å². The number of anilines is 1. The molecule has 14 heteroatoms. The van der Waals surface area contributed by atoms with Crippen LogP contribution >= 0.6 is 0 Å². The summed E-state index contributed by atoms with van der Waals surface area (Å²) in [6.07, 6.45) is 1.20. The molecule has 13 nitrogen and oxygen atoms in total. The van der Waals surface area contributed by atoms with E-state index in [0.717, 1.165) is 16.4 Å². The van der Waals surface area contributed by atoms with Crippen LogP contribution in [0.15, 0.2) is 105 Å². The summed E-state index contributed by atoms with van der Waals surface area (Å²) in [4.78, 5) is 33.3. The summed E-state index contributed by atoms with van der Waals surface area (Å²) >= 11 is 0. The Labute approximate surface area is 221 Å². The van der Waals surface area contributed by atoms with Crippen molar-refractivity contribution >= 4 is 39.2 Å². The Bertz CT molecular complexity index is 1630. The van der Waals surface area contributed by atoms with Gasteiger partial charge in [-0.15, -0.1) is 0 Å². The van der Waals surface area contributed by atoms with E-state index >= 15 is 0 Å². The number of benzene rings is 3. The first-order chi connectivity index (χ1) is 18.6. The van der Waals surface area contributed by atoms with Gasteiger partial charge in [-0.1, -0.05) is 18.2 Å². The molecule has 0 fully saturated rings. The molecule has 0 unspecified atom stereocenters. The molecule has 0 radical (unpaired) electrons. The summed E-state index contributed by atoms with van der Waals surface area (Å²) < 4.78 is 33.0.